The zero-order valence-electron chi connectivity index (χ0n) is 12.5. The molecular weight excluding hydrogens is 356 g/mol. The molecule has 23 heavy (non-hydrogen) atoms. The van der Waals surface area contributed by atoms with Crippen LogP contribution in [0.4, 0.5) is 0 Å². The van der Waals surface area contributed by atoms with Crippen molar-refractivity contribution in [2.24, 2.45) is 5.73 Å². The van der Waals surface area contributed by atoms with Gasteiger partial charge in [-0.2, -0.15) is 0 Å². The number of nitrogens with two attached hydrogens (primary N) is 1. The number of rotatable bonds is 3. The van der Waals surface area contributed by atoms with Gasteiger partial charge in [-0.05, 0) is 46.5 Å². The molecule has 1 aliphatic rings. The van der Waals surface area contributed by atoms with Crippen molar-refractivity contribution in [2.45, 2.75) is 18.4 Å². The minimum Gasteiger partial charge on any atom is -0.367 e. The normalized spacial score (nSPS) is 20.5. The molecule has 1 aliphatic heterocycles. The molecule has 2 aromatic carbocycles. The third kappa shape index (κ3) is 2.55. The van der Waals surface area contributed by atoms with Crippen LogP contribution >= 0.6 is 15.9 Å². The second-order valence-electron chi connectivity index (χ2n) is 5.63. The number of primary amides is 1. The maximum absolute atomic E-state index is 13.0. The third-order valence-corrected chi connectivity index (χ3v) is 5.08. The second kappa shape index (κ2) is 6.16. The highest BCUT2D eigenvalue weighted by Crippen LogP contribution is 2.40. The summed E-state index contributed by atoms with van der Waals surface area (Å²) in [6, 6.07) is 16.5. The molecule has 1 fully saturated rings. The van der Waals surface area contributed by atoms with Gasteiger partial charge in [-0.1, -0.05) is 42.5 Å². The van der Waals surface area contributed by atoms with Gasteiger partial charge in [0.25, 0.3) is 5.91 Å². The molecule has 0 aromatic heterocycles. The van der Waals surface area contributed by atoms with E-state index in [2.05, 4.69) is 15.9 Å². The zero-order chi connectivity index (χ0) is 16.4. The summed E-state index contributed by atoms with van der Waals surface area (Å²) in [5.41, 5.74) is 6.00. The lowest BCUT2D eigenvalue weighted by Crippen LogP contribution is -2.53. The van der Waals surface area contributed by atoms with E-state index in [-0.39, 0.29) is 5.91 Å². The molecule has 1 heterocycles. The van der Waals surface area contributed by atoms with E-state index in [9.17, 15) is 9.59 Å². The van der Waals surface area contributed by atoms with Crippen molar-refractivity contribution >= 4 is 27.7 Å². The molecule has 1 atom stereocenters. The number of amides is 2. The highest BCUT2D eigenvalue weighted by Gasteiger charge is 2.50. The summed E-state index contributed by atoms with van der Waals surface area (Å²) in [6.07, 6.45) is 1.29. The van der Waals surface area contributed by atoms with Crippen molar-refractivity contribution in [3.05, 3.63) is 70.2 Å². The van der Waals surface area contributed by atoms with Gasteiger partial charge in [0.1, 0.15) is 5.54 Å². The first kappa shape index (κ1) is 15.7. The van der Waals surface area contributed by atoms with Gasteiger partial charge in [0.15, 0.2) is 0 Å². The number of hydrogen-bond donors (Lipinski definition) is 1. The van der Waals surface area contributed by atoms with Crippen LogP contribution in [0.25, 0.3) is 0 Å². The first-order chi connectivity index (χ1) is 11.1. The van der Waals surface area contributed by atoms with E-state index >= 15 is 0 Å². The quantitative estimate of drug-likeness (QED) is 0.899. The summed E-state index contributed by atoms with van der Waals surface area (Å²) >= 11 is 3.41. The summed E-state index contributed by atoms with van der Waals surface area (Å²) in [4.78, 5) is 27.0. The number of hydrogen-bond acceptors (Lipinski definition) is 2. The topological polar surface area (TPSA) is 63.4 Å². The molecule has 0 unspecified atom stereocenters. The standard InChI is InChI=1S/C18H17BrN2O2/c19-15-10-5-4-9-14(15)16(22)21-12-6-11-18(21,17(20)23)13-7-2-1-3-8-13/h1-5,7-10H,6,11-12H2,(H2,20,23)/t18-/m0/s1. The van der Waals surface area contributed by atoms with E-state index in [1.54, 1.807) is 11.0 Å². The van der Waals surface area contributed by atoms with Crippen LogP contribution in [0.2, 0.25) is 0 Å². The lowest BCUT2D eigenvalue weighted by atomic mass is 9.86. The average molecular weight is 373 g/mol. The summed E-state index contributed by atoms with van der Waals surface area (Å²) in [5.74, 6) is -0.667. The molecule has 0 aliphatic carbocycles. The largest absolute Gasteiger partial charge is 0.367 e. The predicted molar refractivity (Wildman–Crippen MR) is 91.7 cm³/mol. The molecule has 2 aromatic rings. The number of carbonyl (C=O) groups excluding carboxylic acids is 2. The second-order valence-corrected chi connectivity index (χ2v) is 6.49. The Morgan fingerprint density at radius 3 is 2.35 bits per heavy atom. The van der Waals surface area contributed by atoms with Gasteiger partial charge in [0.05, 0.1) is 5.56 Å². The van der Waals surface area contributed by atoms with Crippen molar-refractivity contribution < 1.29 is 9.59 Å². The van der Waals surface area contributed by atoms with E-state index < -0.39 is 11.4 Å². The van der Waals surface area contributed by atoms with Crippen LogP contribution in [-0.2, 0) is 10.3 Å². The third-order valence-electron chi connectivity index (χ3n) is 4.39. The highest BCUT2D eigenvalue weighted by atomic mass is 79.9. The molecule has 2 N–H and O–H groups in total. The monoisotopic (exact) mass is 372 g/mol. The highest BCUT2D eigenvalue weighted by molar-refractivity contribution is 9.10. The molecule has 3 rings (SSSR count). The molecule has 118 valence electrons. The fraction of sp³-hybridized carbons (Fsp3) is 0.222. The maximum atomic E-state index is 13.0. The van der Waals surface area contributed by atoms with Crippen LogP contribution in [-0.4, -0.2) is 23.3 Å². The SMILES string of the molecule is NC(=O)[C@@]1(c2ccccc2)CCCN1C(=O)c1ccccc1Br. The molecule has 0 radical (unpaired) electrons. The molecule has 0 saturated carbocycles. The Labute approximate surface area is 143 Å². The first-order valence-electron chi connectivity index (χ1n) is 7.49. The Morgan fingerprint density at radius 2 is 1.70 bits per heavy atom. The van der Waals surface area contributed by atoms with Crippen LogP contribution in [0.15, 0.2) is 59.1 Å². The van der Waals surface area contributed by atoms with Crippen molar-refractivity contribution in [1.82, 2.24) is 4.90 Å². The molecular formula is C18H17BrN2O2. The van der Waals surface area contributed by atoms with Gasteiger partial charge in [-0.15, -0.1) is 0 Å². The molecule has 0 spiro atoms. The number of halogens is 1. The number of likely N-dealkylation sites (tertiary alicyclic amines) is 1. The fourth-order valence-corrected chi connectivity index (χ4v) is 3.74. The molecule has 4 nitrogen and oxygen atoms in total. The van der Waals surface area contributed by atoms with Crippen LogP contribution in [0.1, 0.15) is 28.8 Å². The van der Waals surface area contributed by atoms with Crippen molar-refractivity contribution in [3.8, 4) is 0 Å². The van der Waals surface area contributed by atoms with Crippen molar-refractivity contribution in [1.29, 1.82) is 0 Å². The van der Waals surface area contributed by atoms with E-state index in [1.165, 1.54) is 0 Å². The summed E-state index contributed by atoms with van der Waals surface area (Å²) < 4.78 is 0.711. The van der Waals surface area contributed by atoms with E-state index in [0.29, 0.717) is 23.0 Å². The minimum absolute atomic E-state index is 0.183. The number of nitrogens with zero attached hydrogens (tertiary/aromatic N) is 1. The number of benzene rings is 2. The van der Waals surface area contributed by atoms with Gasteiger partial charge in [0, 0.05) is 11.0 Å². The number of carbonyl (C=O) groups is 2. The Balaban J connectivity index is 2.09. The Kier molecular flexibility index (Phi) is 4.22. The molecule has 2 amide bonds. The minimum atomic E-state index is -1.08. The zero-order valence-corrected chi connectivity index (χ0v) is 14.1. The predicted octanol–water partition coefficient (Wildman–Crippen LogP) is 3.07. The van der Waals surface area contributed by atoms with Crippen LogP contribution in [0, 0.1) is 0 Å². The van der Waals surface area contributed by atoms with E-state index in [0.717, 1.165) is 12.0 Å². The molecule has 5 heteroatoms. The van der Waals surface area contributed by atoms with Crippen LogP contribution in [0.5, 0.6) is 0 Å². The summed E-state index contributed by atoms with van der Waals surface area (Å²) in [5, 5.41) is 0. The fourth-order valence-electron chi connectivity index (χ4n) is 3.29. The Morgan fingerprint density at radius 1 is 1.04 bits per heavy atom. The average Bonchev–Trinajstić information content (AvgIpc) is 3.01. The molecule has 1 saturated heterocycles. The maximum Gasteiger partial charge on any atom is 0.256 e. The van der Waals surface area contributed by atoms with Crippen molar-refractivity contribution in [3.63, 3.8) is 0 Å². The van der Waals surface area contributed by atoms with Gasteiger partial charge < -0.3 is 10.6 Å². The summed E-state index contributed by atoms with van der Waals surface area (Å²) in [7, 11) is 0. The van der Waals surface area contributed by atoms with Gasteiger partial charge >= 0.3 is 0 Å². The van der Waals surface area contributed by atoms with Gasteiger partial charge in [-0.25, -0.2) is 0 Å². The van der Waals surface area contributed by atoms with E-state index in [1.807, 2.05) is 48.5 Å². The summed E-state index contributed by atoms with van der Waals surface area (Å²) in [6.45, 7) is 0.512. The lowest BCUT2D eigenvalue weighted by Gasteiger charge is -2.36. The van der Waals surface area contributed by atoms with Crippen molar-refractivity contribution in [2.75, 3.05) is 6.54 Å². The van der Waals surface area contributed by atoms with Crippen LogP contribution in [0.3, 0.4) is 0 Å². The van der Waals surface area contributed by atoms with Gasteiger partial charge in [-0.3, -0.25) is 9.59 Å². The Hall–Kier alpha value is -2.14. The smallest absolute Gasteiger partial charge is 0.256 e. The Bertz CT molecular complexity index is 748. The molecule has 0 bridgehead atoms. The van der Waals surface area contributed by atoms with Gasteiger partial charge in [0.2, 0.25) is 5.91 Å². The van der Waals surface area contributed by atoms with E-state index in [4.69, 9.17) is 5.73 Å². The van der Waals surface area contributed by atoms with Crippen LogP contribution < -0.4 is 5.73 Å². The first-order valence-corrected chi connectivity index (χ1v) is 8.28. The lowest BCUT2D eigenvalue weighted by molar-refractivity contribution is -0.128.